The van der Waals surface area contributed by atoms with Gasteiger partial charge in [0.2, 0.25) is 0 Å². The third-order valence-corrected chi connectivity index (χ3v) is 6.93. The second-order valence-electron chi connectivity index (χ2n) is 11.5. The van der Waals surface area contributed by atoms with Gasteiger partial charge in [0, 0.05) is 12.8 Å². The molecule has 2 N–H and O–H groups in total. The van der Waals surface area contributed by atoms with Crippen LogP contribution in [0.4, 0.5) is 105 Å². The number of rotatable bonds is 22. The van der Waals surface area contributed by atoms with Crippen LogP contribution < -0.4 is 0 Å². The fraction of sp³-hybridized carbons (Fsp3) is 0.786. The van der Waals surface area contributed by atoms with Crippen LogP contribution in [-0.2, 0) is 38.7 Å². The van der Waals surface area contributed by atoms with Crippen LogP contribution in [0, 0.1) is 0 Å². The summed E-state index contributed by atoms with van der Waals surface area (Å²) in [7, 11) is 0. The van der Waals surface area contributed by atoms with Crippen LogP contribution in [0.2, 0.25) is 0 Å². The number of carbonyl (C=O) groups is 4. The SMILES string of the molecule is C=CCCCCC(=O)OO.CCCCCCC(=O)OO.O=C(OOC(=O)C(F)(F)C(F)(F)C(F)(F)C(F)(F)C(F)(F)C(F)F)C(F)(F)C(F)(F)C(F)(F)C(F)(F)C(F)(F)C(F)F. The lowest BCUT2D eigenvalue weighted by atomic mass is 9.94. The van der Waals surface area contributed by atoms with Crippen LogP contribution in [0.3, 0.4) is 0 Å². The van der Waals surface area contributed by atoms with Gasteiger partial charge in [0.05, 0.1) is 0 Å². The molecule has 0 amide bonds. The van der Waals surface area contributed by atoms with Gasteiger partial charge in [0.15, 0.2) is 0 Å². The van der Waals surface area contributed by atoms with E-state index >= 15 is 0 Å². The summed E-state index contributed by atoms with van der Waals surface area (Å²) in [6.45, 7) is 5.63. The van der Waals surface area contributed by atoms with Gasteiger partial charge in [-0.1, -0.05) is 32.3 Å². The predicted octanol–water partition coefficient (Wildman–Crippen LogP) is 10.6. The summed E-state index contributed by atoms with van der Waals surface area (Å²) in [5, 5.41) is 15.7. The third-order valence-electron chi connectivity index (χ3n) is 6.93. The molecule has 62 heavy (non-hydrogen) atoms. The fourth-order valence-corrected chi connectivity index (χ4v) is 3.26. The first-order valence-corrected chi connectivity index (χ1v) is 15.6. The molecule has 0 aliphatic carbocycles. The van der Waals surface area contributed by atoms with Crippen molar-refractivity contribution in [2.75, 3.05) is 0 Å². The summed E-state index contributed by atoms with van der Waals surface area (Å²) < 4.78 is 310. The molecule has 0 radical (unpaired) electrons. The van der Waals surface area contributed by atoms with Gasteiger partial charge in [0.1, 0.15) is 0 Å². The van der Waals surface area contributed by atoms with Gasteiger partial charge in [0.25, 0.3) is 0 Å². The molecule has 0 unspecified atom stereocenters. The highest BCUT2D eigenvalue weighted by molar-refractivity contribution is 5.82. The van der Waals surface area contributed by atoms with E-state index < -0.39 is 96.0 Å². The number of allylic oxidation sites excluding steroid dienone is 1. The Morgan fingerprint density at radius 2 is 0.774 bits per heavy atom. The van der Waals surface area contributed by atoms with Gasteiger partial charge in [-0.15, -0.1) is 6.58 Å². The van der Waals surface area contributed by atoms with Crippen molar-refractivity contribution in [2.24, 2.45) is 0 Å². The lowest BCUT2D eigenvalue weighted by molar-refractivity contribution is -0.416. The average Bonchev–Trinajstić information content (AvgIpc) is 3.16. The molecule has 0 aliphatic rings. The van der Waals surface area contributed by atoms with Crippen molar-refractivity contribution in [1.29, 1.82) is 0 Å². The van der Waals surface area contributed by atoms with E-state index in [1.165, 1.54) is 0 Å². The number of alkyl halides is 24. The smallest absolute Gasteiger partial charge is 0.301 e. The number of hydrogen-bond donors (Lipinski definition) is 2. The predicted molar refractivity (Wildman–Crippen MR) is 149 cm³/mol. The number of unbranched alkanes of at least 4 members (excludes halogenated alkanes) is 5. The number of halogens is 24. The van der Waals surface area contributed by atoms with Gasteiger partial charge < -0.3 is 9.78 Å². The highest BCUT2D eigenvalue weighted by atomic mass is 19.4. The molecule has 0 aromatic rings. The highest BCUT2D eigenvalue weighted by Crippen LogP contribution is 2.60. The average molecular weight is 980 g/mol. The normalized spacial score (nSPS) is 13.6. The van der Waals surface area contributed by atoms with E-state index in [0.29, 0.717) is 6.42 Å². The van der Waals surface area contributed by atoms with Gasteiger partial charge in [-0.3, -0.25) is 0 Å². The summed E-state index contributed by atoms with van der Waals surface area (Å²) in [6, 6.07) is 0. The molecule has 0 saturated carbocycles. The summed E-state index contributed by atoms with van der Waals surface area (Å²) >= 11 is 0. The molecule has 0 aromatic heterocycles. The van der Waals surface area contributed by atoms with Crippen LogP contribution in [-0.4, -0.2) is 106 Å². The first-order valence-electron chi connectivity index (χ1n) is 15.6. The van der Waals surface area contributed by atoms with E-state index in [-0.39, 0.29) is 6.42 Å². The molecule has 368 valence electrons. The first kappa shape index (κ1) is 62.2. The summed E-state index contributed by atoms with van der Waals surface area (Å²) in [5.41, 5.74) is 0. The quantitative estimate of drug-likeness (QED) is 0.0353. The Labute approximate surface area is 328 Å². The van der Waals surface area contributed by atoms with Gasteiger partial charge in [-0.25, -0.2) is 46.5 Å². The Morgan fingerprint density at radius 1 is 0.484 bits per heavy atom. The first-order chi connectivity index (χ1) is 27.6. The molecule has 0 bridgehead atoms. The number of carbonyl (C=O) groups excluding carboxylic acids is 4. The maximum absolute atomic E-state index is 13.4. The maximum atomic E-state index is 13.4. The zero-order valence-electron chi connectivity index (χ0n) is 30.0. The molecular formula is C28H28F24O10. The topological polar surface area (TPSA) is 146 Å². The zero-order valence-corrected chi connectivity index (χ0v) is 30.0. The van der Waals surface area contributed by atoms with E-state index in [9.17, 15) is 125 Å². The Bertz CT molecular complexity index is 1380. The largest absolute Gasteiger partial charge is 0.431 e. The number of hydrogen-bond acceptors (Lipinski definition) is 10. The molecular weight excluding hydrogens is 952 g/mol. The molecule has 0 spiro atoms. The van der Waals surface area contributed by atoms with Gasteiger partial charge >= 0.3 is 96.0 Å². The second kappa shape index (κ2) is 23.0. The van der Waals surface area contributed by atoms with Crippen LogP contribution >= 0.6 is 0 Å². The van der Waals surface area contributed by atoms with Gasteiger partial charge in [-0.05, 0) is 25.7 Å². The molecule has 0 aliphatic heterocycles. The Kier molecular flexibility index (Phi) is 23.0. The molecule has 10 nitrogen and oxygen atoms in total. The van der Waals surface area contributed by atoms with Crippen LogP contribution in [0.25, 0.3) is 0 Å². The molecule has 0 fully saturated rings. The molecule has 0 atom stereocenters. The standard InChI is InChI=1S/C14H2F24O4.C7H14O3.C7H12O3/c15-1(16)5(19,20)9(27,28)13(35,36)11(31,32)7(23,24)3(39)41-42-4(40)8(25,26)12(33,34)14(37,38)10(29,30)6(21,22)2(17)18;2*1-2-3-4-5-6-7(8)10-9/h1-2H;9H,2-6H2,1H3;2,9H,1,3-6H2. The lowest BCUT2D eigenvalue weighted by Crippen LogP contribution is -2.70. The summed E-state index contributed by atoms with van der Waals surface area (Å²) in [4.78, 5) is 52.8. The van der Waals surface area contributed by atoms with Crippen LogP contribution in [0.1, 0.15) is 64.7 Å². The van der Waals surface area contributed by atoms with Crippen molar-refractivity contribution < 1.29 is 155 Å². The fourth-order valence-electron chi connectivity index (χ4n) is 3.26. The molecule has 0 aromatic carbocycles. The Balaban J connectivity index is -0.00000141. The van der Waals surface area contributed by atoms with E-state index in [1.807, 2.05) is 9.78 Å². The minimum atomic E-state index is -8.52. The van der Waals surface area contributed by atoms with Gasteiger partial charge in [-0.2, -0.15) is 98.3 Å². The van der Waals surface area contributed by atoms with Crippen molar-refractivity contribution in [3.05, 3.63) is 12.7 Å². The van der Waals surface area contributed by atoms with Crippen molar-refractivity contribution >= 4 is 23.9 Å². The van der Waals surface area contributed by atoms with Crippen molar-refractivity contribution in [3.8, 4) is 0 Å². The van der Waals surface area contributed by atoms with Crippen molar-refractivity contribution in [3.63, 3.8) is 0 Å². The van der Waals surface area contributed by atoms with E-state index in [2.05, 4.69) is 23.3 Å². The molecule has 0 heterocycles. The van der Waals surface area contributed by atoms with E-state index in [4.69, 9.17) is 10.5 Å². The maximum Gasteiger partial charge on any atom is 0.431 e. The summed E-state index contributed by atoms with van der Waals surface area (Å²) in [6.07, 6.45) is -3.00. The Hall–Kier alpha value is -4.14. The Morgan fingerprint density at radius 3 is 1.02 bits per heavy atom. The summed E-state index contributed by atoms with van der Waals surface area (Å²) in [5.74, 6) is -92.8. The van der Waals surface area contributed by atoms with E-state index in [0.717, 1.165) is 44.9 Å². The zero-order chi connectivity index (χ0) is 50.4. The molecule has 0 rings (SSSR count). The van der Waals surface area contributed by atoms with Crippen molar-refractivity contribution in [1.82, 2.24) is 0 Å². The lowest BCUT2D eigenvalue weighted by Gasteiger charge is -2.38. The minimum Gasteiger partial charge on any atom is -0.301 e. The molecule has 34 heteroatoms. The second-order valence-corrected chi connectivity index (χ2v) is 11.5. The van der Waals surface area contributed by atoms with Crippen LogP contribution in [0.5, 0.6) is 0 Å². The minimum absolute atomic E-state index is 0.282. The highest BCUT2D eigenvalue weighted by Gasteiger charge is 2.91. The van der Waals surface area contributed by atoms with Crippen molar-refractivity contribution in [2.45, 2.75) is 137 Å². The third kappa shape index (κ3) is 13.2. The van der Waals surface area contributed by atoms with Crippen LogP contribution in [0.15, 0.2) is 12.7 Å². The van der Waals surface area contributed by atoms with E-state index in [1.54, 1.807) is 6.08 Å². The molecule has 0 saturated heterocycles. The monoisotopic (exact) mass is 980 g/mol.